The maximum atomic E-state index is 13.5. The van der Waals surface area contributed by atoms with Crippen molar-refractivity contribution in [2.45, 2.75) is 277 Å². The Labute approximate surface area is 762 Å². The Hall–Kier alpha value is -7.80. The number of anilines is 2. The summed E-state index contributed by atoms with van der Waals surface area (Å²) in [6.45, 7) is 17.1. The van der Waals surface area contributed by atoms with Gasteiger partial charge in [0.1, 0.15) is 28.9 Å². The molecule has 0 spiro atoms. The Morgan fingerprint density at radius 2 is 0.840 bits per heavy atom. The minimum Gasteiger partial charge on any atom is -0.497 e. The quantitative estimate of drug-likeness (QED) is 0.0309. The van der Waals surface area contributed by atoms with E-state index in [1.54, 1.807) is 66.7 Å². The van der Waals surface area contributed by atoms with Gasteiger partial charge in [0.05, 0.1) is 57.1 Å². The highest BCUT2D eigenvalue weighted by molar-refractivity contribution is 6.01. The van der Waals surface area contributed by atoms with Crippen LogP contribution in [-0.2, 0) is 83.0 Å². The van der Waals surface area contributed by atoms with Gasteiger partial charge in [-0.15, -0.1) is 0 Å². The Morgan fingerprint density at radius 1 is 0.432 bits per heavy atom. The van der Waals surface area contributed by atoms with Gasteiger partial charge < -0.3 is 71.4 Å². The number of para-hydroxylation sites is 1. The Morgan fingerprint density at radius 3 is 1.18 bits per heavy atom. The van der Waals surface area contributed by atoms with Gasteiger partial charge in [-0.1, -0.05) is 269 Å². The van der Waals surface area contributed by atoms with Crippen molar-refractivity contribution in [2.24, 2.45) is 5.92 Å². The molecule has 11 rings (SSSR count). The monoisotopic (exact) mass is 1780 g/mol. The summed E-state index contributed by atoms with van der Waals surface area (Å²) in [5.74, 6) is 1.53. The van der Waals surface area contributed by atoms with Gasteiger partial charge >= 0.3 is 6.61 Å². The number of benzene rings is 7. The van der Waals surface area contributed by atoms with E-state index < -0.39 is 30.5 Å². The van der Waals surface area contributed by atoms with Crippen molar-refractivity contribution in [1.82, 2.24) is 0 Å². The van der Waals surface area contributed by atoms with E-state index in [0.29, 0.717) is 88.2 Å². The number of methoxy groups -OCH3 is 9. The molecule has 2 atom stereocenters. The lowest BCUT2D eigenvalue weighted by atomic mass is 9.98. The molecule has 4 aliphatic rings. The molecule has 726 valence electrons. The number of ether oxygens (including phenoxy) is 13. The average Bonchev–Trinajstić information content (AvgIpc) is 1.41. The highest BCUT2D eigenvalue weighted by atomic mass is 19.3. The van der Waals surface area contributed by atoms with Crippen molar-refractivity contribution in [3.05, 3.63) is 221 Å². The fourth-order valence-corrected chi connectivity index (χ4v) is 10.9. The van der Waals surface area contributed by atoms with Gasteiger partial charge in [-0.25, -0.2) is 8.78 Å². The average molecular weight is 1780 g/mol. The molecular weight excluding hydrogens is 1590 g/mol. The summed E-state index contributed by atoms with van der Waals surface area (Å²) in [6.07, 6.45) is 17.6. The fourth-order valence-electron chi connectivity index (χ4n) is 10.9. The topological polar surface area (TPSA) is 161 Å². The third-order valence-corrected chi connectivity index (χ3v) is 17.0. The third kappa shape index (κ3) is 69.0. The van der Waals surface area contributed by atoms with Crippen LogP contribution in [0.5, 0.6) is 17.2 Å². The lowest BCUT2D eigenvalue weighted by molar-refractivity contribution is -0.131. The molecule has 0 saturated heterocycles. The molecule has 2 unspecified atom stereocenters. The number of carbonyl (C=O) groups excluding carboxylic acids is 2. The number of rotatable bonds is 30. The molecule has 2 aliphatic heterocycles. The van der Waals surface area contributed by atoms with Crippen LogP contribution in [0.15, 0.2) is 176 Å². The van der Waals surface area contributed by atoms with Crippen LogP contribution < -0.4 is 24.0 Å². The summed E-state index contributed by atoms with van der Waals surface area (Å²) in [7, 11) is 16.7. The molecule has 2 fully saturated rings. The summed E-state index contributed by atoms with van der Waals surface area (Å²) >= 11 is 0. The minimum atomic E-state index is -2.65. The lowest BCUT2D eigenvalue weighted by Gasteiger charge is -2.34. The van der Waals surface area contributed by atoms with E-state index in [-0.39, 0.29) is 113 Å². The van der Waals surface area contributed by atoms with E-state index in [1.807, 2.05) is 162 Å². The van der Waals surface area contributed by atoms with E-state index in [9.17, 15) is 27.2 Å². The van der Waals surface area contributed by atoms with Gasteiger partial charge in [0.2, 0.25) is 6.10 Å². The van der Waals surface area contributed by atoms with Crippen molar-refractivity contribution < 1.29 is 88.7 Å². The molecule has 0 aromatic heterocycles. The molecular formula is C104H182F4N2O15. The summed E-state index contributed by atoms with van der Waals surface area (Å²) in [5, 5.41) is 0. The molecule has 0 bridgehead atoms. The van der Waals surface area contributed by atoms with E-state index in [0.717, 1.165) is 58.9 Å². The number of amides is 2. The van der Waals surface area contributed by atoms with Gasteiger partial charge in [-0.3, -0.25) is 9.59 Å². The van der Waals surface area contributed by atoms with Crippen molar-refractivity contribution in [3.63, 3.8) is 0 Å². The second-order valence-corrected chi connectivity index (χ2v) is 27.4. The first-order chi connectivity index (χ1) is 55.2. The Bertz CT molecular complexity index is 3350. The van der Waals surface area contributed by atoms with Crippen molar-refractivity contribution in [3.8, 4) is 17.2 Å². The minimum absolute atomic E-state index is 0. The maximum Gasteiger partial charge on any atom is 0.345 e. The van der Waals surface area contributed by atoms with Crippen LogP contribution in [0, 0.1) is 31.4 Å². The molecule has 7 aromatic rings. The molecule has 7 aromatic carbocycles. The number of hydrogen-bond donors (Lipinski definition) is 0. The number of unbranched alkanes of at least 4 members (excludes halogenated alkanes) is 2. The first kappa shape index (κ1) is 140. The summed E-state index contributed by atoms with van der Waals surface area (Å²) in [4.78, 5) is 29.3. The largest absolute Gasteiger partial charge is 0.497 e. The number of alkyl halides is 2. The number of carbonyl (C=O) groups is 2. The van der Waals surface area contributed by atoms with Gasteiger partial charge in [0, 0.05) is 116 Å². The number of hydrogen-bond acceptors (Lipinski definition) is 15. The van der Waals surface area contributed by atoms with Crippen molar-refractivity contribution >= 4 is 23.2 Å². The maximum absolute atomic E-state index is 13.5. The predicted molar refractivity (Wildman–Crippen MR) is 527 cm³/mol. The molecule has 2 aliphatic carbocycles. The van der Waals surface area contributed by atoms with E-state index in [1.165, 1.54) is 107 Å². The number of aryl methyl sites for hydroxylation is 3. The second-order valence-electron chi connectivity index (χ2n) is 27.4. The normalized spacial score (nSPS) is 12.9. The molecule has 125 heavy (non-hydrogen) atoms. The zero-order valence-electron chi connectivity index (χ0n) is 71.6. The summed E-state index contributed by atoms with van der Waals surface area (Å²) < 4.78 is 114. The fraction of sp³-hybridized carbons (Fsp3) is 0.577. The van der Waals surface area contributed by atoms with E-state index in [4.69, 9.17) is 47.4 Å². The Balaban J connectivity index is -0.000000134. The summed E-state index contributed by atoms with van der Waals surface area (Å²) in [6, 6.07) is 55.0. The molecule has 0 radical (unpaired) electrons. The second kappa shape index (κ2) is 92.4. The van der Waals surface area contributed by atoms with Crippen LogP contribution in [0.3, 0.4) is 0 Å². The SMILES string of the molecule is C.C.C.C.C.C.C.C.C.C.C.CCCCC.CCCc1ccccc1.COC.COC(C)C.COC1CCCCC1.COCC1CC1.COCCCN1C(=O)C(COCc2ccccc2)Oc2ccc(C)cc21.COCCCN1C(=O)C(Cc2cc(F)cc(F)c2)Oc2ccc(C)cc21.COCCCOC(F)F.COCc1ccccc1.COc1ccccc1. The molecule has 2 amide bonds. The zero-order valence-corrected chi connectivity index (χ0v) is 71.6. The molecule has 2 heterocycles. The van der Waals surface area contributed by atoms with Crippen molar-refractivity contribution in [1.29, 1.82) is 0 Å². The van der Waals surface area contributed by atoms with Crippen LogP contribution in [0.4, 0.5) is 28.9 Å². The van der Waals surface area contributed by atoms with Gasteiger partial charge in [-0.05, 0) is 167 Å². The zero-order chi connectivity index (χ0) is 84.4. The highest BCUT2D eigenvalue weighted by Crippen LogP contribution is 2.37. The standard InChI is InChI=1S/C21H25NO4.C20H21F2NO3.C9H12.C8H10O.C7H14O.C7H8O.C5H10F2O2.C5H10O.C5H12.C4H10O.C2H6O.11CH4/c1-16-9-10-19-18(13-16)22(11-6-12-24-2)21(23)20(26-19)15-25-14-17-7-4-3-5-8-17;1-13-4-5-18-17(8-13)23(6-3-7-25-2)20(24)19(26-18)11-14-9-15(21)12-16(22)10-14;1-2-6-9-7-4-3-5-8-9;1-9-7-8-5-3-2-4-6-8;2*1-8-7-5-3-2-4-6-7;1-8-3-2-4-9-5(6)7;1-6-4-5-2-3-5;1-3-5-4-2;1-4(2)5-3;1-3-2;;;;;;;;;;;/h3-5,7-10,13,20H,6,11-12,14-15H2,1-2H3;4-5,8-10,12,19H,3,6-7,11H2,1-2H3;3-5,7-8H,2,6H2,1H3;2-6H,7H2,1H3;7H,2-6H2,1H3;2-6H,1H3;5H,2-4H2,1H3;5H,2-4H2,1H3;3-5H2,1-2H3;4H,1-3H3;1-2H3;11*1H4. The Kier molecular flexibility index (Phi) is 104. The molecule has 17 nitrogen and oxygen atoms in total. The summed E-state index contributed by atoms with van der Waals surface area (Å²) in [5.41, 5.74) is 7.77. The number of halogens is 4. The predicted octanol–water partition coefficient (Wildman–Crippen LogP) is 27.9. The molecule has 0 N–H and O–H groups in total. The first-order valence-corrected chi connectivity index (χ1v) is 39.9. The van der Waals surface area contributed by atoms with E-state index in [2.05, 4.69) is 65.3 Å². The van der Waals surface area contributed by atoms with Gasteiger partial charge in [0.15, 0.2) is 6.10 Å². The van der Waals surface area contributed by atoms with Crippen LogP contribution in [0.25, 0.3) is 0 Å². The van der Waals surface area contributed by atoms with Crippen LogP contribution in [0.1, 0.15) is 240 Å². The van der Waals surface area contributed by atoms with Crippen LogP contribution >= 0.6 is 0 Å². The smallest absolute Gasteiger partial charge is 0.345 e. The number of nitrogens with zero attached hydrogens (tertiary/aromatic N) is 2. The van der Waals surface area contributed by atoms with E-state index >= 15 is 0 Å². The first-order valence-electron chi connectivity index (χ1n) is 39.9. The van der Waals surface area contributed by atoms with Crippen LogP contribution in [-0.4, -0.2) is 167 Å². The van der Waals surface area contributed by atoms with Gasteiger partial charge in [-0.2, -0.15) is 8.78 Å². The molecule has 2 saturated carbocycles. The lowest BCUT2D eigenvalue weighted by Crippen LogP contribution is -2.48. The van der Waals surface area contributed by atoms with Gasteiger partial charge in [0.25, 0.3) is 11.8 Å². The van der Waals surface area contributed by atoms with Crippen molar-refractivity contribution in [2.75, 3.05) is 134 Å². The molecule has 21 heteroatoms. The van der Waals surface area contributed by atoms with Crippen LogP contribution in [0.2, 0.25) is 0 Å². The third-order valence-electron chi connectivity index (χ3n) is 17.0. The highest BCUT2D eigenvalue weighted by Gasteiger charge is 2.36. The number of fused-ring (bicyclic) bond motifs is 2.